The van der Waals surface area contributed by atoms with Gasteiger partial charge in [-0.2, -0.15) is 5.10 Å². The Balaban J connectivity index is 2.23. The van der Waals surface area contributed by atoms with Crippen molar-refractivity contribution < 1.29 is 4.74 Å². The molecule has 132 valence electrons. The van der Waals surface area contributed by atoms with Gasteiger partial charge in [-0.1, -0.05) is 44.2 Å². The number of hydrogen-bond donors (Lipinski definition) is 1. The Hall–Kier alpha value is -1.85. The van der Waals surface area contributed by atoms with Crippen LogP contribution in [-0.2, 0) is 13.6 Å². The quantitative estimate of drug-likeness (QED) is 0.808. The summed E-state index contributed by atoms with van der Waals surface area (Å²) in [5, 5.41) is 8.33. The molecular weight excluding hydrogens is 300 g/mol. The van der Waals surface area contributed by atoms with Crippen LogP contribution in [0.15, 0.2) is 30.3 Å². The van der Waals surface area contributed by atoms with E-state index in [1.807, 2.05) is 11.7 Å². The Morgan fingerprint density at radius 1 is 1.21 bits per heavy atom. The smallest absolute Gasteiger partial charge is 0.216 e. The van der Waals surface area contributed by atoms with Gasteiger partial charge in [0.25, 0.3) is 0 Å². The number of likely N-dealkylation sites (N-methyl/N-ethyl adjacent to an activating group) is 1. The van der Waals surface area contributed by atoms with Gasteiger partial charge in [-0.25, -0.2) is 4.68 Å². The summed E-state index contributed by atoms with van der Waals surface area (Å²) in [6.07, 6.45) is 0. The van der Waals surface area contributed by atoms with E-state index in [2.05, 4.69) is 73.6 Å². The molecule has 1 aromatic heterocycles. The summed E-state index contributed by atoms with van der Waals surface area (Å²) in [6.45, 7) is 6.00. The Labute approximate surface area is 145 Å². The molecule has 0 aliphatic heterocycles. The lowest BCUT2D eigenvalue weighted by molar-refractivity contribution is 0.335. The van der Waals surface area contributed by atoms with Gasteiger partial charge in [0.05, 0.1) is 18.4 Å². The second-order valence-corrected chi connectivity index (χ2v) is 6.76. The molecule has 1 heterocycles. The lowest BCUT2D eigenvalue weighted by atomic mass is 10.0. The van der Waals surface area contributed by atoms with Gasteiger partial charge >= 0.3 is 0 Å². The maximum atomic E-state index is 5.58. The molecule has 0 fully saturated rings. The highest BCUT2D eigenvalue weighted by molar-refractivity contribution is 5.34. The van der Waals surface area contributed by atoms with Crippen molar-refractivity contribution in [1.82, 2.24) is 20.0 Å². The van der Waals surface area contributed by atoms with Crippen LogP contribution in [0.2, 0.25) is 0 Å². The number of aromatic nitrogens is 2. The molecule has 1 aromatic carbocycles. The zero-order valence-electron chi connectivity index (χ0n) is 15.7. The highest BCUT2D eigenvalue weighted by Crippen LogP contribution is 2.27. The molecule has 24 heavy (non-hydrogen) atoms. The molecule has 0 saturated heterocycles. The van der Waals surface area contributed by atoms with Crippen molar-refractivity contribution in [2.24, 2.45) is 7.05 Å². The number of hydrogen-bond acceptors (Lipinski definition) is 4. The van der Waals surface area contributed by atoms with Gasteiger partial charge in [0.15, 0.2) is 0 Å². The first kappa shape index (κ1) is 18.5. The molecule has 1 unspecified atom stereocenters. The standard InChI is InChI=1S/C19H30N4O/c1-14(2)18-16(19(24-6)23(5)21-18)12-20-17(13-22(3)4)15-10-8-7-9-11-15/h7-11,14,17,20H,12-13H2,1-6H3. The molecule has 0 spiro atoms. The van der Waals surface area contributed by atoms with E-state index in [1.165, 1.54) is 5.56 Å². The largest absolute Gasteiger partial charge is 0.481 e. The topological polar surface area (TPSA) is 42.3 Å². The van der Waals surface area contributed by atoms with Crippen LogP contribution in [-0.4, -0.2) is 42.4 Å². The van der Waals surface area contributed by atoms with Crippen LogP contribution in [0, 0.1) is 0 Å². The number of nitrogens with one attached hydrogen (secondary N) is 1. The van der Waals surface area contributed by atoms with Crippen molar-refractivity contribution in [3.05, 3.63) is 47.2 Å². The summed E-state index contributed by atoms with van der Waals surface area (Å²) in [5.74, 6) is 1.20. The molecule has 5 nitrogen and oxygen atoms in total. The molecule has 2 aromatic rings. The first-order valence-corrected chi connectivity index (χ1v) is 8.46. The van der Waals surface area contributed by atoms with Gasteiger partial charge in [0, 0.05) is 26.2 Å². The number of benzene rings is 1. The summed E-state index contributed by atoms with van der Waals surface area (Å²) in [6, 6.07) is 10.8. The van der Waals surface area contributed by atoms with Gasteiger partial charge in [-0.3, -0.25) is 0 Å². The van der Waals surface area contributed by atoms with Gasteiger partial charge in [0.2, 0.25) is 5.88 Å². The molecule has 1 N–H and O–H groups in total. The lowest BCUT2D eigenvalue weighted by Gasteiger charge is -2.23. The van der Waals surface area contributed by atoms with E-state index < -0.39 is 0 Å². The third kappa shape index (κ3) is 4.36. The summed E-state index contributed by atoms with van der Waals surface area (Å²) >= 11 is 0. The fourth-order valence-electron chi connectivity index (χ4n) is 3.02. The van der Waals surface area contributed by atoms with E-state index >= 15 is 0 Å². The lowest BCUT2D eigenvalue weighted by Crippen LogP contribution is -2.31. The minimum Gasteiger partial charge on any atom is -0.481 e. The maximum Gasteiger partial charge on any atom is 0.216 e. The predicted octanol–water partition coefficient (Wildman–Crippen LogP) is 2.94. The molecular formula is C19H30N4O. The monoisotopic (exact) mass is 330 g/mol. The second-order valence-electron chi connectivity index (χ2n) is 6.76. The van der Waals surface area contributed by atoms with Gasteiger partial charge in [-0.15, -0.1) is 0 Å². The average molecular weight is 330 g/mol. The fraction of sp³-hybridized carbons (Fsp3) is 0.526. The van der Waals surface area contributed by atoms with Crippen molar-refractivity contribution in [3.8, 4) is 5.88 Å². The van der Waals surface area contributed by atoms with Crippen LogP contribution in [0.4, 0.5) is 0 Å². The number of ether oxygens (including phenoxy) is 1. The average Bonchev–Trinajstić information content (AvgIpc) is 2.87. The Morgan fingerprint density at radius 2 is 1.88 bits per heavy atom. The molecule has 0 aliphatic carbocycles. The number of methoxy groups -OCH3 is 1. The van der Waals surface area contributed by atoms with E-state index in [-0.39, 0.29) is 6.04 Å². The predicted molar refractivity (Wildman–Crippen MR) is 98.4 cm³/mol. The Kier molecular flexibility index (Phi) is 6.40. The molecule has 0 bridgehead atoms. The van der Waals surface area contributed by atoms with Crippen LogP contribution in [0.25, 0.3) is 0 Å². The summed E-state index contributed by atoms with van der Waals surface area (Å²) in [7, 11) is 7.84. The number of aryl methyl sites for hydroxylation is 1. The van der Waals surface area contributed by atoms with E-state index in [9.17, 15) is 0 Å². The van der Waals surface area contributed by atoms with Crippen LogP contribution in [0.5, 0.6) is 5.88 Å². The Bertz CT molecular complexity index is 634. The van der Waals surface area contributed by atoms with Crippen molar-refractivity contribution in [3.63, 3.8) is 0 Å². The molecule has 1 atom stereocenters. The number of nitrogens with zero attached hydrogens (tertiary/aromatic N) is 3. The van der Waals surface area contributed by atoms with Crippen molar-refractivity contribution >= 4 is 0 Å². The first-order chi connectivity index (χ1) is 11.4. The Morgan fingerprint density at radius 3 is 2.42 bits per heavy atom. The molecule has 0 saturated carbocycles. The second kappa shape index (κ2) is 8.31. The van der Waals surface area contributed by atoms with Crippen LogP contribution >= 0.6 is 0 Å². The van der Waals surface area contributed by atoms with Gasteiger partial charge < -0.3 is 15.0 Å². The van der Waals surface area contributed by atoms with E-state index in [1.54, 1.807) is 7.11 Å². The highest BCUT2D eigenvalue weighted by atomic mass is 16.5. The van der Waals surface area contributed by atoms with Crippen LogP contribution in [0.3, 0.4) is 0 Å². The molecule has 5 heteroatoms. The van der Waals surface area contributed by atoms with Crippen LogP contribution < -0.4 is 10.1 Å². The zero-order valence-corrected chi connectivity index (χ0v) is 15.7. The highest BCUT2D eigenvalue weighted by Gasteiger charge is 2.21. The molecule has 0 radical (unpaired) electrons. The van der Waals surface area contributed by atoms with Gasteiger partial charge in [0.1, 0.15) is 0 Å². The summed E-state index contributed by atoms with van der Waals surface area (Å²) < 4.78 is 7.41. The van der Waals surface area contributed by atoms with E-state index in [4.69, 9.17) is 4.74 Å². The summed E-state index contributed by atoms with van der Waals surface area (Å²) in [5.41, 5.74) is 3.54. The van der Waals surface area contributed by atoms with Crippen molar-refractivity contribution in [1.29, 1.82) is 0 Å². The zero-order chi connectivity index (χ0) is 17.7. The maximum absolute atomic E-state index is 5.58. The third-order valence-corrected chi connectivity index (χ3v) is 4.13. The molecule has 0 aliphatic rings. The van der Waals surface area contributed by atoms with Crippen LogP contribution in [0.1, 0.15) is 42.6 Å². The fourth-order valence-corrected chi connectivity index (χ4v) is 3.02. The molecule has 0 amide bonds. The van der Waals surface area contributed by atoms with Crippen molar-refractivity contribution in [2.75, 3.05) is 27.7 Å². The molecule has 2 rings (SSSR count). The summed E-state index contributed by atoms with van der Waals surface area (Å²) in [4.78, 5) is 2.20. The minimum atomic E-state index is 0.256. The van der Waals surface area contributed by atoms with E-state index in [0.717, 1.165) is 30.2 Å². The first-order valence-electron chi connectivity index (χ1n) is 8.46. The van der Waals surface area contributed by atoms with E-state index in [0.29, 0.717) is 5.92 Å². The number of rotatable bonds is 8. The van der Waals surface area contributed by atoms with Crippen molar-refractivity contribution in [2.45, 2.75) is 32.4 Å². The minimum absolute atomic E-state index is 0.256. The normalized spacial score (nSPS) is 12.8. The van der Waals surface area contributed by atoms with Gasteiger partial charge in [-0.05, 0) is 25.6 Å². The third-order valence-electron chi connectivity index (χ3n) is 4.13. The SMILES string of the molecule is COc1c(CNC(CN(C)C)c2ccccc2)c(C(C)C)nn1C.